The van der Waals surface area contributed by atoms with Gasteiger partial charge in [-0.3, -0.25) is 24.7 Å². The van der Waals surface area contributed by atoms with E-state index in [0.717, 1.165) is 10.6 Å². The third-order valence-electron chi connectivity index (χ3n) is 6.52. The maximum atomic E-state index is 13.4. The smallest absolute Gasteiger partial charge is 0.407 e. The van der Waals surface area contributed by atoms with Gasteiger partial charge in [-0.1, -0.05) is 30.3 Å². The van der Waals surface area contributed by atoms with Crippen LogP contribution in [-0.2, 0) is 35.3 Å². The van der Waals surface area contributed by atoms with Crippen molar-refractivity contribution in [3.63, 3.8) is 0 Å². The number of amides is 3. The second kappa shape index (κ2) is 14.3. The first kappa shape index (κ1) is 28.9. The largest absolute Gasteiger partial charge is 0.480 e. The number of nitrogens with zero attached hydrogens (tertiary/aromatic N) is 2. The number of rotatable bonds is 12. The number of unbranched alkanes of at least 4 members (excludes halogenated alkanes) is 1. The van der Waals surface area contributed by atoms with Crippen molar-refractivity contribution >= 4 is 29.8 Å². The molecule has 0 saturated carbocycles. The summed E-state index contributed by atoms with van der Waals surface area (Å²) in [6.45, 7) is 2.62. The van der Waals surface area contributed by atoms with Crippen molar-refractivity contribution in [1.29, 1.82) is 0 Å². The summed E-state index contributed by atoms with van der Waals surface area (Å²) in [5, 5.41) is 17.6. The number of hydrogen-bond acceptors (Lipinski definition) is 8. The van der Waals surface area contributed by atoms with Crippen molar-refractivity contribution < 1.29 is 38.6 Å². The molecule has 2 aliphatic heterocycles. The molecule has 12 heteroatoms. The Bertz CT molecular complexity index is 989. The summed E-state index contributed by atoms with van der Waals surface area (Å²) < 4.78 is 10.4. The molecule has 2 fully saturated rings. The van der Waals surface area contributed by atoms with Crippen LogP contribution in [0.2, 0.25) is 0 Å². The van der Waals surface area contributed by atoms with Crippen LogP contribution >= 0.6 is 0 Å². The molecule has 3 N–H and O–H groups in total. The molecule has 3 rings (SSSR count). The van der Waals surface area contributed by atoms with Crippen LogP contribution in [-0.4, -0.2) is 82.8 Å². The number of benzene rings is 1. The van der Waals surface area contributed by atoms with Crippen LogP contribution in [0.3, 0.4) is 0 Å². The van der Waals surface area contributed by atoms with Crippen LogP contribution in [0.1, 0.15) is 57.4 Å². The molecule has 208 valence electrons. The van der Waals surface area contributed by atoms with Gasteiger partial charge in [-0.2, -0.15) is 0 Å². The highest BCUT2D eigenvalue weighted by Gasteiger charge is 2.45. The van der Waals surface area contributed by atoms with Crippen LogP contribution in [0, 0.1) is 0 Å². The number of ether oxygens (including phenoxy) is 2. The monoisotopic (exact) mass is 532 g/mol. The highest BCUT2D eigenvalue weighted by atomic mass is 16.5. The van der Waals surface area contributed by atoms with Gasteiger partial charge in [0.1, 0.15) is 12.6 Å². The van der Waals surface area contributed by atoms with E-state index in [2.05, 4.69) is 10.6 Å². The summed E-state index contributed by atoms with van der Waals surface area (Å²) in [6, 6.07) is 6.44. The zero-order valence-corrected chi connectivity index (χ0v) is 21.6. The SMILES string of the molecule is CCOC(=O)C(CCCCNC(=O)OCc1ccccc1)NC1CCC(=O)N2CCCC(C(=O)O)N2C1=O. The fraction of sp³-hybridized carbons (Fsp3) is 0.577. The highest BCUT2D eigenvalue weighted by molar-refractivity contribution is 5.92. The number of carboxylic acid groups (broad SMARTS) is 1. The molecule has 38 heavy (non-hydrogen) atoms. The van der Waals surface area contributed by atoms with Crippen molar-refractivity contribution in [2.75, 3.05) is 19.7 Å². The number of hydrazine groups is 1. The van der Waals surface area contributed by atoms with Gasteiger partial charge >= 0.3 is 18.0 Å². The Morgan fingerprint density at radius 2 is 1.87 bits per heavy atom. The first-order chi connectivity index (χ1) is 18.3. The number of nitrogens with one attached hydrogen (secondary N) is 2. The van der Waals surface area contributed by atoms with E-state index in [1.165, 1.54) is 5.01 Å². The minimum absolute atomic E-state index is 0.0524. The molecule has 0 bridgehead atoms. The molecular weight excluding hydrogens is 496 g/mol. The molecule has 12 nitrogen and oxygen atoms in total. The zero-order valence-electron chi connectivity index (χ0n) is 21.6. The molecule has 2 heterocycles. The molecule has 1 aromatic carbocycles. The zero-order chi connectivity index (χ0) is 27.5. The van der Waals surface area contributed by atoms with Gasteiger partial charge in [0, 0.05) is 19.5 Å². The first-order valence-corrected chi connectivity index (χ1v) is 13.0. The van der Waals surface area contributed by atoms with Crippen LogP contribution in [0.5, 0.6) is 0 Å². The van der Waals surface area contributed by atoms with Gasteiger partial charge in [-0.15, -0.1) is 0 Å². The molecule has 1 aromatic rings. The number of alkyl carbamates (subject to hydrolysis) is 1. The Labute approximate surface area is 221 Å². The summed E-state index contributed by atoms with van der Waals surface area (Å²) >= 11 is 0. The van der Waals surface area contributed by atoms with E-state index in [1.807, 2.05) is 30.3 Å². The lowest BCUT2D eigenvalue weighted by Gasteiger charge is -2.42. The van der Waals surface area contributed by atoms with Gasteiger partial charge < -0.3 is 19.9 Å². The van der Waals surface area contributed by atoms with Crippen molar-refractivity contribution in [3.8, 4) is 0 Å². The van der Waals surface area contributed by atoms with Crippen LogP contribution in [0.4, 0.5) is 4.79 Å². The van der Waals surface area contributed by atoms with Crippen molar-refractivity contribution in [3.05, 3.63) is 35.9 Å². The first-order valence-electron chi connectivity index (χ1n) is 13.0. The molecule has 3 atom stereocenters. The van der Waals surface area contributed by atoms with E-state index in [-0.39, 0.29) is 44.9 Å². The number of fused-ring (bicyclic) bond motifs is 1. The topological polar surface area (TPSA) is 155 Å². The predicted octanol–water partition coefficient (Wildman–Crippen LogP) is 1.59. The van der Waals surface area contributed by atoms with Crippen LogP contribution in [0.25, 0.3) is 0 Å². The Morgan fingerprint density at radius 3 is 2.58 bits per heavy atom. The van der Waals surface area contributed by atoms with Gasteiger partial charge in [-0.25, -0.2) is 14.6 Å². The fourth-order valence-corrected chi connectivity index (χ4v) is 4.61. The number of hydrogen-bond donors (Lipinski definition) is 3. The van der Waals surface area contributed by atoms with E-state index in [0.29, 0.717) is 32.2 Å². The van der Waals surface area contributed by atoms with Crippen LogP contribution < -0.4 is 10.6 Å². The molecule has 0 aromatic heterocycles. The molecule has 0 aliphatic carbocycles. The van der Waals surface area contributed by atoms with Crippen molar-refractivity contribution in [1.82, 2.24) is 20.7 Å². The molecule has 3 unspecified atom stereocenters. The quantitative estimate of drug-likeness (QED) is 0.269. The fourth-order valence-electron chi connectivity index (χ4n) is 4.61. The maximum Gasteiger partial charge on any atom is 0.407 e. The van der Waals surface area contributed by atoms with Gasteiger partial charge in [-0.05, 0) is 51.0 Å². The third-order valence-corrected chi connectivity index (χ3v) is 6.52. The van der Waals surface area contributed by atoms with Crippen LogP contribution in [0.15, 0.2) is 30.3 Å². The summed E-state index contributed by atoms with van der Waals surface area (Å²) in [4.78, 5) is 62.4. The van der Waals surface area contributed by atoms with Gasteiger partial charge in [0.05, 0.1) is 12.6 Å². The number of carbonyl (C=O) groups excluding carboxylic acids is 4. The number of esters is 1. The number of carboxylic acids is 1. The third kappa shape index (κ3) is 7.91. The van der Waals surface area contributed by atoms with Crippen molar-refractivity contribution in [2.24, 2.45) is 0 Å². The second-order valence-corrected chi connectivity index (χ2v) is 9.24. The Hall–Kier alpha value is -3.67. The molecule has 0 radical (unpaired) electrons. The standard InChI is InChI=1S/C26H36N4O8/c1-2-37-25(35)20(11-6-7-15-27-26(36)38-17-18-9-4-3-5-10-18)28-19-13-14-22(31)29-16-8-12-21(24(33)34)30(29)23(19)32/h3-5,9-10,19-21,28H,2,6-8,11-17H2,1H3,(H,27,36)(H,33,34). The second-order valence-electron chi connectivity index (χ2n) is 9.24. The highest BCUT2D eigenvalue weighted by Crippen LogP contribution is 2.25. The van der Waals surface area contributed by atoms with Gasteiger partial charge in [0.15, 0.2) is 6.04 Å². The Morgan fingerprint density at radius 1 is 1.11 bits per heavy atom. The minimum Gasteiger partial charge on any atom is -0.480 e. The van der Waals surface area contributed by atoms with E-state index in [9.17, 15) is 29.1 Å². The molecule has 0 spiro atoms. The Kier molecular flexibility index (Phi) is 10.9. The molecular formula is C26H36N4O8. The molecule has 3 amide bonds. The van der Waals surface area contributed by atoms with E-state index in [1.54, 1.807) is 6.92 Å². The number of aliphatic carboxylic acids is 1. The van der Waals surface area contributed by atoms with Gasteiger partial charge in [0.2, 0.25) is 5.91 Å². The average Bonchev–Trinajstić information content (AvgIpc) is 3.03. The molecule has 2 saturated heterocycles. The minimum atomic E-state index is -1.17. The lowest BCUT2D eigenvalue weighted by Crippen LogP contribution is -2.62. The normalized spacial score (nSPS) is 20.2. The lowest BCUT2D eigenvalue weighted by molar-refractivity contribution is -0.181. The summed E-state index contributed by atoms with van der Waals surface area (Å²) in [5.74, 6) is -2.56. The summed E-state index contributed by atoms with van der Waals surface area (Å²) in [5.41, 5.74) is 0.878. The van der Waals surface area contributed by atoms with E-state index >= 15 is 0 Å². The predicted molar refractivity (Wildman–Crippen MR) is 134 cm³/mol. The Balaban J connectivity index is 1.53. The van der Waals surface area contributed by atoms with Gasteiger partial charge in [0.25, 0.3) is 5.91 Å². The van der Waals surface area contributed by atoms with E-state index < -0.39 is 42.1 Å². The number of carbonyl (C=O) groups is 5. The van der Waals surface area contributed by atoms with Crippen molar-refractivity contribution in [2.45, 2.75) is 76.6 Å². The average molecular weight is 533 g/mol. The lowest BCUT2D eigenvalue weighted by atomic mass is 10.0. The van der Waals surface area contributed by atoms with E-state index in [4.69, 9.17) is 9.47 Å². The maximum absolute atomic E-state index is 13.4. The summed E-state index contributed by atoms with van der Waals surface area (Å²) in [7, 11) is 0. The summed E-state index contributed by atoms with van der Waals surface area (Å²) in [6.07, 6.45) is 1.80. The molecule has 2 aliphatic rings.